The SMILES string of the molecule is CCCCCCCCCCCCCCCCS(=O)(=O)Nc1ccc(Cl)c(NC(=O)C(OC(=O)Cc2ccc(N=Nc3ccc(C(=O)OCCCCCCCCCCCC)cc3)cc2)C(=O)C(C)(C)C)c1. The van der Waals surface area contributed by atoms with Crippen LogP contribution in [-0.4, -0.2) is 50.5 Å². The van der Waals surface area contributed by atoms with Gasteiger partial charge in [0.2, 0.25) is 16.1 Å². The van der Waals surface area contributed by atoms with E-state index in [1.807, 2.05) is 0 Å². The molecule has 1 amide bonds. The summed E-state index contributed by atoms with van der Waals surface area (Å²) in [6, 6.07) is 17.6. The fourth-order valence-electron chi connectivity index (χ4n) is 7.86. The molecule has 0 aliphatic carbocycles. The molecule has 0 bridgehead atoms. The Morgan fingerprint density at radius 2 is 1.07 bits per heavy atom. The predicted molar refractivity (Wildman–Crippen MR) is 285 cm³/mol. The minimum Gasteiger partial charge on any atom is -0.462 e. The van der Waals surface area contributed by atoms with Crippen LogP contribution in [0.15, 0.2) is 77.0 Å². The molecule has 0 aliphatic heterocycles. The molecule has 0 saturated heterocycles. The first-order valence-corrected chi connectivity index (χ1v) is 28.3. The maximum absolute atomic E-state index is 13.6. The summed E-state index contributed by atoms with van der Waals surface area (Å²) in [5.74, 6) is -2.79. The normalized spacial score (nSPS) is 12.2. The topological polar surface area (TPSA) is 170 Å². The van der Waals surface area contributed by atoms with Gasteiger partial charge < -0.3 is 14.8 Å². The van der Waals surface area contributed by atoms with Gasteiger partial charge in [0.1, 0.15) is 0 Å². The van der Waals surface area contributed by atoms with Crippen LogP contribution in [0.3, 0.4) is 0 Å². The van der Waals surface area contributed by atoms with E-state index < -0.39 is 39.2 Å². The van der Waals surface area contributed by atoms with Gasteiger partial charge in [-0.25, -0.2) is 13.2 Å². The summed E-state index contributed by atoms with van der Waals surface area (Å²) >= 11 is 6.42. The number of Topliss-reactive ketones (excluding diaryl/α,β-unsaturated/α-hetero) is 1. The lowest BCUT2D eigenvalue weighted by atomic mass is 9.87. The average molecular weight is 1010 g/mol. The summed E-state index contributed by atoms with van der Waals surface area (Å²) in [5, 5.41) is 11.2. The first kappa shape index (κ1) is 59.7. The Balaban J connectivity index is 1.45. The van der Waals surface area contributed by atoms with Crippen LogP contribution in [0.2, 0.25) is 5.02 Å². The summed E-state index contributed by atoms with van der Waals surface area (Å²) in [6.07, 6.45) is 26.4. The maximum atomic E-state index is 13.6. The number of hydrogen-bond donors (Lipinski definition) is 2. The average Bonchev–Trinajstić information content (AvgIpc) is 3.32. The molecule has 2 N–H and O–H groups in total. The van der Waals surface area contributed by atoms with Gasteiger partial charge in [-0.15, -0.1) is 0 Å². The van der Waals surface area contributed by atoms with Gasteiger partial charge in [0, 0.05) is 5.41 Å². The number of sulfonamides is 1. The first-order chi connectivity index (χ1) is 33.6. The van der Waals surface area contributed by atoms with Crippen molar-refractivity contribution in [3.63, 3.8) is 0 Å². The Morgan fingerprint density at radius 3 is 1.56 bits per heavy atom. The Labute approximate surface area is 425 Å². The molecule has 0 radical (unpaired) electrons. The van der Waals surface area contributed by atoms with Crippen molar-refractivity contribution in [2.75, 3.05) is 22.4 Å². The second-order valence-electron chi connectivity index (χ2n) is 19.6. The molecule has 14 heteroatoms. The summed E-state index contributed by atoms with van der Waals surface area (Å²) in [6.45, 7) is 9.70. The monoisotopic (exact) mass is 1010 g/mol. The Kier molecular flexibility index (Phi) is 28.9. The van der Waals surface area contributed by atoms with Crippen molar-refractivity contribution in [2.45, 2.75) is 201 Å². The number of carbonyl (C=O) groups is 4. The molecule has 3 aromatic rings. The van der Waals surface area contributed by atoms with E-state index in [0.29, 0.717) is 35.5 Å². The van der Waals surface area contributed by atoms with E-state index in [9.17, 15) is 27.6 Å². The van der Waals surface area contributed by atoms with Crippen LogP contribution in [0.25, 0.3) is 0 Å². The highest BCUT2D eigenvalue weighted by atomic mass is 35.5. The number of rotatable bonds is 37. The minimum absolute atomic E-state index is 0.0455. The van der Waals surface area contributed by atoms with E-state index in [-0.39, 0.29) is 34.5 Å². The number of unbranched alkanes of at least 4 members (excludes halogenated alkanes) is 22. The van der Waals surface area contributed by atoms with Gasteiger partial charge in [-0.1, -0.05) is 200 Å². The highest BCUT2D eigenvalue weighted by Gasteiger charge is 2.38. The van der Waals surface area contributed by atoms with Gasteiger partial charge >= 0.3 is 11.9 Å². The lowest BCUT2D eigenvalue weighted by molar-refractivity contribution is -0.161. The highest BCUT2D eigenvalue weighted by molar-refractivity contribution is 7.92. The van der Waals surface area contributed by atoms with Gasteiger partial charge in [0.05, 0.1) is 52.1 Å². The summed E-state index contributed by atoms with van der Waals surface area (Å²) in [5.41, 5.74) is 1.21. The second kappa shape index (κ2) is 33.9. The molecule has 1 unspecified atom stereocenters. The molecule has 0 heterocycles. The number of azo groups is 1. The number of amides is 1. The predicted octanol–water partition coefficient (Wildman–Crippen LogP) is 15.8. The number of ketones is 1. The number of anilines is 2. The quantitative estimate of drug-likeness (QED) is 0.0249. The Morgan fingerprint density at radius 1 is 0.614 bits per heavy atom. The van der Waals surface area contributed by atoms with Crippen LogP contribution in [0.1, 0.15) is 205 Å². The molecule has 0 spiro atoms. The Bertz CT molecular complexity index is 2140. The van der Waals surface area contributed by atoms with Crippen LogP contribution in [-0.2, 0) is 40.3 Å². The molecular formula is C56H83ClN4O8S. The van der Waals surface area contributed by atoms with Crippen LogP contribution in [0.4, 0.5) is 22.7 Å². The van der Waals surface area contributed by atoms with Crippen molar-refractivity contribution in [3.8, 4) is 0 Å². The number of nitrogens with zero attached hydrogens (tertiary/aromatic N) is 2. The van der Waals surface area contributed by atoms with Crippen molar-refractivity contribution < 1.29 is 37.1 Å². The number of esters is 2. The van der Waals surface area contributed by atoms with Crippen molar-refractivity contribution in [3.05, 3.63) is 82.9 Å². The fraction of sp³-hybridized carbons (Fsp3) is 0.607. The molecule has 70 heavy (non-hydrogen) atoms. The van der Waals surface area contributed by atoms with Crippen LogP contribution in [0.5, 0.6) is 0 Å². The molecule has 0 aromatic heterocycles. The van der Waals surface area contributed by atoms with Crippen LogP contribution >= 0.6 is 11.6 Å². The summed E-state index contributed by atoms with van der Waals surface area (Å²) in [4.78, 5) is 52.9. The summed E-state index contributed by atoms with van der Waals surface area (Å²) < 4.78 is 39.5. The molecule has 3 rings (SSSR count). The van der Waals surface area contributed by atoms with E-state index in [0.717, 1.165) is 38.5 Å². The van der Waals surface area contributed by atoms with Gasteiger partial charge in [-0.05, 0) is 73.0 Å². The molecule has 0 aliphatic rings. The van der Waals surface area contributed by atoms with Crippen molar-refractivity contribution in [1.82, 2.24) is 0 Å². The molecule has 12 nitrogen and oxygen atoms in total. The van der Waals surface area contributed by atoms with Crippen molar-refractivity contribution in [2.24, 2.45) is 15.6 Å². The number of ether oxygens (including phenoxy) is 2. The van der Waals surface area contributed by atoms with Gasteiger partial charge in [0.25, 0.3) is 5.91 Å². The zero-order valence-electron chi connectivity index (χ0n) is 43.0. The van der Waals surface area contributed by atoms with Crippen LogP contribution in [0, 0.1) is 5.41 Å². The van der Waals surface area contributed by atoms with Gasteiger partial charge in [-0.3, -0.25) is 19.1 Å². The number of hydrogen-bond acceptors (Lipinski definition) is 10. The lowest BCUT2D eigenvalue weighted by Crippen LogP contribution is -2.44. The zero-order chi connectivity index (χ0) is 51.0. The highest BCUT2D eigenvalue weighted by Crippen LogP contribution is 2.28. The third-order valence-corrected chi connectivity index (χ3v) is 13.8. The van der Waals surface area contributed by atoms with E-state index in [1.54, 1.807) is 69.3 Å². The smallest absolute Gasteiger partial charge is 0.338 e. The lowest BCUT2D eigenvalue weighted by Gasteiger charge is -2.24. The molecule has 1 atom stereocenters. The maximum Gasteiger partial charge on any atom is 0.338 e. The largest absolute Gasteiger partial charge is 0.462 e. The fourth-order valence-corrected chi connectivity index (χ4v) is 9.19. The van der Waals surface area contributed by atoms with Crippen molar-refractivity contribution in [1.29, 1.82) is 0 Å². The van der Waals surface area contributed by atoms with E-state index in [4.69, 9.17) is 21.1 Å². The number of halogens is 1. The molecular weight excluding hydrogens is 924 g/mol. The van der Waals surface area contributed by atoms with E-state index >= 15 is 0 Å². The van der Waals surface area contributed by atoms with E-state index in [2.05, 4.69) is 34.1 Å². The molecule has 3 aromatic carbocycles. The second-order valence-corrected chi connectivity index (χ2v) is 21.8. The first-order valence-electron chi connectivity index (χ1n) is 26.2. The third-order valence-electron chi connectivity index (χ3n) is 12.1. The van der Waals surface area contributed by atoms with Gasteiger partial charge in [-0.2, -0.15) is 10.2 Å². The number of nitrogens with one attached hydrogen (secondary N) is 2. The van der Waals surface area contributed by atoms with Crippen LogP contribution < -0.4 is 10.0 Å². The molecule has 388 valence electrons. The minimum atomic E-state index is -3.69. The number of benzene rings is 3. The summed E-state index contributed by atoms with van der Waals surface area (Å²) in [7, 11) is -3.69. The zero-order valence-corrected chi connectivity index (χ0v) is 44.5. The molecule has 0 saturated carbocycles. The third kappa shape index (κ3) is 25.5. The van der Waals surface area contributed by atoms with Gasteiger partial charge in [0.15, 0.2) is 5.78 Å². The number of carbonyl (C=O) groups excluding carboxylic acids is 4. The van der Waals surface area contributed by atoms with E-state index in [1.165, 1.54) is 127 Å². The molecule has 0 fully saturated rings. The van der Waals surface area contributed by atoms with Crippen molar-refractivity contribution >= 4 is 68.0 Å². The Hall–Kier alpha value is -4.62. The standard InChI is InChI=1S/C56H83ClN4O8S/c1-6-8-10-12-14-16-18-19-20-21-23-25-27-29-41-70(66,67)61-48-38-39-49(57)50(43-48)58-54(64)52(53(63)56(3,4)5)69-51(62)42-44-30-34-46(35-31-44)59-60-47-36-32-45(33-37-47)55(65)68-40-28-26-24-22-17-15-13-11-9-7-2/h30-39,43,52,61H,6-29,40-42H2,1-5H3,(H,58,64).